The van der Waals surface area contributed by atoms with Gasteiger partial charge in [-0.3, -0.25) is 9.59 Å². The fourth-order valence-corrected chi connectivity index (χ4v) is 3.06. The molecule has 5 nitrogen and oxygen atoms in total. The number of carbonyl (C=O) groups excluding carboxylic acids is 2. The van der Waals surface area contributed by atoms with Crippen molar-refractivity contribution in [1.29, 1.82) is 0 Å². The van der Waals surface area contributed by atoms with Gasteiger partial charge in [0.15, 0.2) is 0 Å². The molecule has 0 fully saturated rings. The molecule has 0 saturated carbocycles. The van der Waals surface area contributed by atoms with Crippen LogP contribution in [0.15, 0.2) is 36.4 Å². The molecule has 0 radical (unpaired) electrons. The normalized spacial score (nSPS) is 10.4. The van der Waals surface area contributed by atoms with E-state index in [0.717, 1.165) is 19.3 Å². The minimum absolute atomic E-state index is 0.0161. The van der Waals surface area contributed by atoms with Crippen LogP contribution < -0.4 is 16.0 Å². The number of hydrogen-bond acceptors (Lipinski definition) is 3. The molecule has 2 aromatic rings. The predicted molar refractivity (Wildman–Crippen MR) is 118 cm³/mol. The Kier molecular flexibility index (Phi) is 8.90. The number of unbranched alkanes of at least 4 members (excludes halogenated alkanes) is 2. The highest BCUT2D eigenvalue weighted by Crippen LogP contribution is 2.32. The molecule has 0 saturated heterocycles. The minimum Gasteiger partial charge on any atom is -0.376 e. The van der Waals surface area contributed by atoms with E-state index in [2.05, 4.69) is 22.9 Å². The van der Waals surface area contributed by atoms with Crippen LogP contribution in [0.4, 0.5) is 17.1 Å². The molecule has 0 unspecified atom stereocenters. The van der Waals surface area contributed by atoms with Gasteiger partial charge in [0.2, 0.25) is 11.8 Å². The minimum atomic E-state index is -0.297. The summed E-state index contributed by atoms with van der Waals surface area (Å²) in [4.78, 5) is 24.1. The SMILES string of the molecule is CCCCCC(=O)Nc1cccc(NCC(=O)Nc2cc(Cl)c(Cl)cc2Cl)c1. The number of nitrogens with one attached hydrogen (secondary N) is 3. The molecule has 3 N–H and O–H groups in total. The fraction of sp³-hybridized carbons (Fsp3) is 0.300. The molecule has 0 spiro atoms. The zero-order chi connectivity index (χ0) is 20.5. The van der Waals surface area contributed by atoms with Gasteiger partial charge in [-0.25, -0.2) is 0 Å². The van der Waals surface area contributed by atoms with E-state index in [4.69, 9.17) is 34.8 Å². The first kappa shape index (κ1) is 22.3. The Morgan fingerprint density at radius 3 is 2.32 bits per heavy atom. The number of hydrogen-bond donors (Lipinski definition) is 3. The maximum Gasteiger partial charge on any atom is 0.243 e. The lowest BCUT2D eigenvalue weighted by molar-refractivity contribution is -0.116. The number of halogens is 3. The first-order valence-electron chi connectivity index (χ1n) is 8.97. The van der Waals surface area contributed by atoms with E-state index in [1.54, 1.807) is 18.2 Å². The van der Waals surface area contributed by atoms with Crippen LogP contribution in [0.2, 0.25) is 15.1 Å². The summed E-state index contributed by atoms with van der Waals surface area (Å²) in [5, 5.41) is 9.47. The van der Waals surface area contributed by atoms with Gasteiger partial charge in [-0.15, -0.1) is 0 Å². The van der Waals surface area contributed by atoms with Gasteiger partial charge in [0, 0.05) is 17.8 Å². The van der Waals surface area contributed by atoms with E-state index in [1.807, 2.05) is 6.07 Å². The highest BCUT2D eigenvalue weighted by atomic mass is 35.5. The Bertz CT molecular complexity index is 843. The number of rotatable bonds is 9. The van der Waals surface area contributed by atoms with Crippen LogP contribution >= 0.6 is 34.8 Å². The Hall–Kier alpha value is -1.95. The van der Waals surface area contributed by atoms with Gasteiger partial charge in [-0.2, -0.15) is 0 Å². The van der Waals surface area contributed by atoms with Gasteiger partial charge in [-0.1, -0.05) is 60.6 Å². The lowest BCUT2D eigenvalue weighted by Gasteiger charge is -2.11. The average Bonchev–Trinajstić information content (AvgIpc) is 2.65. The van der Waals surface area contributed by atoms with E-state index in [0.29, 0.717) is 38.6 Å². The summed E-state index contributed by atoms with van der Waals surface area (Å²) < 4.78 is 0. The second kappa shape index (κ2) is 11.1. The lowest BCUT2D eigenvalue weighted by Crippen LogP contribution is -2.22. The van der Waals surface area contributed by atoms with Gasteiger partial charge in [0.05, 0.1) is 27.3 Å². The van der Waals surface area contributed by atoms with Crippen molar-refractivity contribution >= 4 is 63.7 Å². The smallest absolute Gasteiger partial charge is 0.243 e. The van der Waals surface area contributed by atoms with Gasteiger partial charge in [0.1, 0.15) is 0 Å². The number of anilines is 3. The largest absolute Gasteiger partial charge is 0.376 e. The highest BCUT2D eigenvalue weighted by Gasteiger charge is 2.10. The summed E-state index contributed by atoms with van der Waals surface area (Å²) in [5.41, 5.74) is 1.78. The Morgan fingerprint density at radius 2 is 1.57 bits per heavy atom. The molecule has 150 valence electrons. The highest BCUT2D eigenvalue weighted by molar-refractivity contribution is 6.44. The molecule has 0 bridgehead atoms. The molecule has 0 aliphatic carbocycles. The van der Waals surface area contributed by atoms with Gasteiger partial charge in [0.25, 0.3) is 0 Å². The average molecular weight is 443 g/mol. The Balaban J connectivity index is 1.88. The van der Waals surface area contributed by atoms with Crippen molar-refractivity contribution in [3.8, 4) is 0 Å². The van der Waals surface area contributed by atoms with E-state index < -0.39 is 0 Å². The van der Waals surface area contributed by atoms with Gasteiger partial charge in [-0.05, 0) is 36.8 Å². The molecular formula is C20H22Cl3N3O2. The van der Waals surface area contributed by atoms with Crippen LogP contribution in [-0.4, -0.2) is 18.4 Å². The van der Waals surface area contributed by atoms with Crippen LogP contribution in [0.1, 0.15) is 32.6 Å². The van der Waals surface area contributed by atoms with Crippen molar-refractivity contribution in [2.75, 3.05) is 22.5 Å². The van der Waals surface area contributed by atoms with E-state index in [-0.39, 0.29) is 18.4 Å². The number of carbonyl (C=O) groups is 2. The second-order valence-electron chi connectivity index (χ2n) is 6.23. The maximum absolute atomic E-state index is 12.2. The van der Waals surface area contributed by atoms with Crippen molar-refractivity contribution < 1.29 is 9.59 Å². The molecular weight excluding hydrogens is 421 g/mol. The van der Waals surface area contributed by atoms with Crippen LogP contribution in [0.3, 0.4) is 0 Å². The molecule has 0 aliphatic heterocycles. The molecule has 0 heterocycles. The van der Waals surface area contributed by atoms with Crippen LogP contribution in [0, 0.1) is 0 Å². The second-order valence-corrected chi connectivity index (χ2v) is 7.46. The first-order chi connectivity index (χ1) is 13.4. The molecule has 2 rings (SSSR count). The monoisotopic (exact) mass is 441 g/mol. The van der Waals surface area contributed by atoms with E-state index in [9.17, 15) is 9.59 Å². The molecule has 0 atom stereocenters. The molecule has 28 heavy (non-hydrogen) atoms. The molecule has 2 aromatic carbocycles. The summed E-state index contributed by atoms with van der Waals surface area (Å²) in [6.07, 6.45) is 3.48. The standard InChI is InChI=1S/C20H22Cl3N3O2/c1-2-3-4-8-19(27)25-14-7-5-6-13(9-14)24-12-20(28)26-18-11-16(22)15(21)10-17(18)23/h5-7,9-11,24H,2-4,8,12H2,1H3,(H,25,27)(H,26,28). The van der Waals surface area contributed by atoms with Gasteiger partial charge >= 0.3 is 0 Å². The summed E-state index contributed by atoms with van der Waals surface area (Å²) >= 11 is 17.9. The van der Waals surface area contributed by atoms with E-state index in [1.165, 1.54) is 12.1 Å². The Labute approximate surface area is 179 Å². The number of amides is 2. The fourth-order valence-electron chi connectivity index (χ4n) is 2.46. The zero-order valence-electron chi connectivity index (χ0n) is 15.5. The van der Waals surface area contributed by atoms with Crippen molar-refractivity contribution in [2.45, 2.75) is 32.6 Å². The zero-order valence-corrected chi connectivity index (χ0v) is 17.7. The van der Waals surface area contributed by atoms with Crippen molar-refractivity contribution in [2.24, 2.45) is 0 Å². The third-order valence-electron chi connectivity index (χ3n) is 3.89. The van der Waals surface area contributed by atoms with Crippen LogP contribution in [-0.2, 0) is 9.59 Å². The van der Waals surface area contributed by atoms with Crippen molar-refractivity contribution in [1.82, 2.24) is 0 Å². The molecule has 8 heteroatoms. The topological polar surface area (TPSA) is 70.2 Å². The van der Waals surface area contributed by atoms with E-state index >= 15 is 0 Å². The third-order valence-corrected chi connectivity index (χ3v) is 4.93. The number of benzene rings is 2. The van der Waals surface area contributed by atoms with Crippen LogP contribution in [0.5, 0.6) is 0 Å². The first-order valence-corrected chi connectivity index (χ1v) is 10.1. The van der Waals surface area contributed by atoms with Crippen molar-refractivity contribution in [3.63, 3.8) is 0 Å². The molecule has 2 amide bonds. The quantitative estimate of drug-likeness (QED) is 0.319. The molecule has 0 aliphatic rings. The Morgan fingerprint density at radius 1 is 0.857 bits per heavy atom. The third kappa shape index (κ3) is 7.23. The predicted octanol–water partition coefficient (Wildman–Crippen LogP) is 6.22. The van der Waals surface area contributed by atoms with Crippen molar-refractivity contribution in [3.05, 3.63) is 51.5 Å². The van der Waals surface area contributed by atoms with Gasteiger partial charge < -0.3 is 16.0 Å². The summed E-state index contributed by atoms with van der Waals surface area (Å²) in [6, 6.07) is 10.2. The maximum atomic E-state index is 12.2. The summed E-state index contributed by atoms with van der Waals surface area (Å²) in [6.45, 7) is 2.11. The lowest BCUT2D eigenvalue weighted by atomic mass is 10.2. The summed E-state index contributed by atoms with van der Waals surface area (Å²) in [5.74, 6) is -0.313. The van der Waals surface area contributed by atoms with Crippen LogP contribution in [0.25, 0.3) is 0 Å². The molecule has 0 aromatic heterocycles. The summed E-state index contributed by atoms with van der Waals surface area (Å²) in [7, 11) is 0.